The Morgan fingerprint density at radius 1 is 0.727 bits per heavy atom. The van der Waals surface area contributed by atoms with Crippen LogP contribution in [0.5, 0.6) is 5.75 Å². The maximum atomic E-state index is 13.8. The van der Waals surface area contributed by atoms with Crippen LogP contribution in [0.2, 0.25) is 0 Å². The fourth-order valence-electron chi connectivity index (χ4n) is 2.36. The van der Waals surface area contributed by atoms with Crippen molar-refractivity contribution in [1.29, 1.82) is 0 Å². The van der Waals surface area contributed by atoms with Gasteiger partial charge in [0.15, 0.2) is 0 Å². The summed E-state index contributed by atoms with van der Waals surface area (Å²) in [5.74, 6) is -0.626. The van der Waals surface area contributed by atoms with E-state index in [1.54, 1.807) is 30.3 Å². The first-order chi connectivity index (χ1) is 10.4. The zero-order chi connectivity index (χ0) is 15.7. The number of halogens is 4. The highest BCUT2D eigenvalue weighted by molar-refractivity contribution is 5.96. The molecule has 0 atom stereocenters. The second-order valence-electron chi connectivity index (χ2n) is 4.71. The molecule has 0 bridgehead atoms. The molecule has 0 aliphatic heterocycles. The van der Waals surface area contributed by atoms with Crippen LogP contribution in [0.15, 0.2) is 60.7 Å². The minimum atomic E-state index is -4.72. The van der Waals surface area contributed by atoms with Crippen LogP contribution in [0, 0.1) is 5.82 Å². The Balaban J connectivity index is 2.03. The lowest BCUT2D eigenvalue weighted by molar-refractivity contribution is -0.274. The smallest absolute Gasteiger partial charge is 0.406 e. The molecule has 3 aromatic carbocycles. The summed E-state index contributed by atoms with van der Waals surface area (Å²) in [5, 5.41) is 1.17. The molecule has 0 heterocycles. The van der Waals surface area contributed by atoms with Gasteiger partial charge in [0.05, 0.1) is 0 Å². The first kappa shape index (κ1) is 14.4. The summed E-state index contributed by atoms with van der Waals surface area (Å²) in [6.45, 7) is 0. The molecule has 0 saturated heterocycles. The van der Waals surface area contributed by atoms with Crippen molar-refractivity contribution in [2.45, 2.75) is 6.36 Å². The van der Waals surface area contributed by atoms with E-state index >= 15 is 0 Å². The first-order valence-electron chi connectivity index (χ1n) is 6.47. The molecule has 0 N–H and O–H groups in total. The van der Waals surface area contributed by atoms with E-state index < -0.39 is 6.36 Å². The second-order valence-corrected chi connectivity index (χ2v) is 4.71. The summed E-state index contributed by atoms with van der Waals surface area (Å²) >= 11 is 0. The average molecular weight is 306 g/mol. The van der Waals surface area contributed by atoms with Crippen molar-refractivity contribution in [1.82, 2.24) is 0 Å². The zero-order valence-corrected chi connectivity index (χ0v) is 11.2. The first-order valence-corrected chi connectivity index (χ1v) is 6.47. The van der Waals surface area contributed by atoms with Gasteiger partial charge in [0.25, 0.3) is 0 Å². The van der Waals surface area contributed by atoms with Gasteiger partial charge in [-0.25, -0.2) is 4.39 Å². The van der Waals surface area contributed by atoms with Crippen molar-refractivity contribution in [3.05, 3.63) is 66.5 Å². The topological polar surface area (TPSA) is 9.23 Å². The summed E-state index contributed by atoms with van der Waals surface area (Å²) in [6.07, 6.45) is -4.72. The molecule has 3 aromatic rings. The van der Waals surface area contributed by atoms with Gasteiger partial charge in [0.2, 0.25) is 0 Å². The number of fused-ring (bicyclic) bond motifs is 1. The Morgan fingerprint density at radius 2 is 1.36 bits per heavy atom. The third-order valence-corrected chi connectivity index (χ3v) is 3.27. The molecule has 0 fully saturated rings. The number of alkyl halides is 3. The molecule has 0 amide bonds. The molecule has 0 unspecified atom stereocenters. The fraction of sp³-hybridized carbons (Fsp3) is 0.0588. The van der Waals surface area contributed by atoms with Crippen LogP contribution in [-0.2, 0) is 0 Å². The van der Waals surface area contributed by atoms with Gasteiger partial charge in [0, 0.05) is 5.39 Å². The van der Waals surface area contributed by atoms with Gasteiger partial charge in [-0.15, -0.1) is 13.2 Å². The Morgan fingerprint density at radius 3 is 2.05 bits per heavy atom. The minimum absolute atomic E-state index is 0.289. The lowest BCUT2D eigenvalue weighted by Gasteiger charge is -2.11. The molecule has 0 aliphatic rings. The van der Waals surface area contributed by atoms with Gasteiger partial charge in [-0.2, -0.15) is 0 Å². The monoisotopic (exact) mass is 306 g/mol. The molecule has 0 spiro atoms. The molecule has 3 rings (SSSR count). The SMILES string of the molecule is Fc1cccc2c(-c3ccc(OC(F)(F)F)cc3)cccc12. The van der Waals surface area contributed by atoms with Crippen LogP contribution in [0.4, 0.5) is 17.6 Å². The molecule has 5 heteroatoms. The summed E-state index contributed by atoms with van der Waals surface area (Å²) in [6, 6.07) is 15.4. The van der Waals surface area contributed by atoms with Crippen LogP contribution in [-0.4, -0.2) is 6.36 Å². The maximum Gasteiger partial charge on any atom is 0.573 e. The van der Waals surface area contributed by atoms with Gasteiger partial charge in [-0.3, -0.25) is 0 Å². The third kappa shape index (κ3) is 2.88. The lowest BCUT2D eigenvalue weighted by atomic mass is 9.98. The van der Waals surface area contributed by atoms with Crippen LogP contribution < -0.4 is 4.74 Å². The van der Waals surface area contributed by atoms with Gasteiger partial charge in [-0.05, 0) is 34.7 Å². The summed E-state index contributed by atoms with van der Waals surface area (Å²) in [7, 11) is 0. The summed E-state index contributed by atoms with van der Waals surface area (Å²) in [5.41, 5.74) is 1.43. The Hall–Kier alpha value is -2.56. The van der Waals surface area contributed by atoms with E-state index in [2.05, 4.69) is 4.74 Å². The molecule has 112 valence electrons. The number of hydrogen-bond donors (Lipinski definition) is 0. The van der Waals surface area contributed by atoms with E-state index in [1.807, 2.05) is 0 Å². The van der Waals surface area contributed by atoms with Gasteiger partial charge >= 0.3 is 6.36 Å². The van der Waals surface area contributed by atoms with Crippen molar-refractivity contribution in [3.63, 3.8) is 0 Å². The van der Waals surface area contributed by atoms with Crippen molar-refractivity contribution >= 4 is 10.8 Å². The number of rotatable bonds is 2. The van der Waals surface area contributed by atoms with Crippen molar-refractivity contribution in [2.24, 2.45) is 0 Å². The summed E-state index contributed by atoms with van der Waals surface area (Å²) in [4.78, 5) is 0. The van der Waals surface area contributed by atoms with Crippen LogP contribution in [0.25, 0.3) is 21.9 Å². The Kier molecular flexibility index (Phi) is 3.48. The minimum Gasteiger partial charge on any atom is -0.406 e. The zero-order valence-electron chi connectivity index (χ0n) is 11.2. The number of benzene rings is 3. The van der Waals surface area contributed by atoms with Gasteiger partial charge in [-0.1, -0.05) is 42.5 Å². The summed E-state index contributed by atoms with van der Waals surface area (Å²) < 4.78 is 54.1. The molecular weight excluding hydrogens is 296 g/mol. The van der Waals surface area contributed by atoms with E-state index in [9.17, 15) is 17.6 Å². The quantitative estimate of drug-likeness (QED) is 0.564. The van der Waals surface area contributed by atoms with Crippen molar-refractivity contribution in [3.8, 4) is 16.9 Å². The highest BCUT2D eigenvalue weighted by Gasteiger charge is 2.30. The van der Waals surface area contributed by atoms with E-state index in [0.717, 1.165) is 5.56 Å². The maximum absolute atomic E-state index is 13.8. The molecule has 1 nitrogen and oxygen atoms in total. The largest absolute Gasteiger partial charge is 0.573 e. The van der Waals surface area contributed by atoms with E-state index in [0.29, 0.717) is 16.3 Å². The van der Waals surface area contributed by atoms with Gasteiger partial charge in [0.1, 0.15) is 11.6 Å². The van der Waals surface area contributed by atoms with Crippen molar-refractivity contribution < 1.29 is 22.3 Å². The Bertz CT molecular complexity index is 807. The highest BCUT2D eigenvalue weighted by atomic mass is 19.4. The molecule has 0 aliphatic carbocycles. The predicted molar refractivity (Wildman–Crippen MR) is 76.0 cm³/mol. The average Bonchev–Trinajstić information content (AvgIpc) is 2.46. The van der Waals surface area contributed by atoms with E-state index in [-0.39, 0.29) is 11.6 Å². The molecule has 0 aromatic heterocycles. The third-order valence-electron chi connectivity index (χ3n) is 3.27. The van der Waals surface area contributed by atoms with E-state index in [1.165, 1.54) is 30.3 Å². The Labute approximate surface area is 123 Å². The van der Waals surface area contributed by atoms with Gasteiger partial charge < -0.3 is 4.74 Å². The molecule has 0 saturated carbocycles. The number of hydrogen-bond acceptors (Lipinski definition) is 1. The van der Waals surface area contributed by atoms with Crippen LogP contribution in [0.1, 0.15) is 0 Å². The molecular formula is C17H10F4O. The number of ether oxygens (including phenoxy) is 1. The standard InChI is InChI=1S/C17H10F4O/c18-16-6-2-4-14-13(3-1-5-15(14)16)11-7-9-12(10-8-11)22-17(19,20)21/h1-10H. The van der Waals surface area contributed by atoms with Crippen LogP contribution in [0.3, 0.4) is 0 Å². The molecule has 0 radical (unpaired) electrons. The molecule has 22 heavy (non-hydrogen) atoms. The highest BCUT2D eigenvalue weighted by Crippen LogP contribution is 2.31. The van der Waals surface area contributed by atoms with Crippen molar-refractivity contribution in [2.75, 3.05) is 0 Å². The van der Waals surface area contributed by atoms with Crippen LogP contribution >= 0.6 is 0 Å². The normalized spacial score (nSPS) is 11.6. The van der Waals surface area contributed by atoms with E-state index in [4.69, 9.17) is 0 Å². The fourth-order valence-corrected chi connectivity index (χ4v) is 2.36. The lowest BCUT2D eigenvalue weighted by Crippen LogP contribution is -2.16. The second kappa shape index (κ2) is 5.33. The predicted octanol–water partition coefficient (Wildman–Crippen LogP) is 5.54.